The Kier molecular flexibility index (Phi) is 2.89. The molecule has 0 bridgehead atoms. The second-order valence-corrected chi connectivity index (χ2v) is 5.44. The molecule has 1 spiro atoms. The minimum atomic E-state index is -0.360. The van der Waals surface area contributed by atoms with E-state index in [0.717, 1.165) is 11.3 Å². The molecule has 1 unspecified atom stereocenters. The smallest absolute Gasteiger partial charge is 0.228 e. The number of allylic oxidation sites excluding steroid dienone is 2. The van der Waals surface area contributed by atoms with Gasteiger partial charge in [-0.2, -0.15) is 0 Å². The third-order valence-corrected chi connectivity index (χ3v) is 4.34. The number of hydrogen-bond acceptors (Lipinski definition) is 3. The molecule has 1 amide bonds. The summed E-state index contributed by atoms with van der Waals surface area (Å²) in [6, 6.07) is 5.83. The van der Waals surface area contributed by atoms with Crippen molar-refractivity contribution >= 4 is 17.4 Å². The molecular formula is C16H17NO3. The molecule has 1 aromatic rings. The molecule has 0 N–H and O–H groups in total. The Labute approximate surface area is 118 Å². The highest BCUT2D eigenvalue weighted by molar-refractivity contribution is 6.01. The lowest BCUT2D eigenvalue weighted by atomic mass is 9.68. The van der Waals surface area contributed by atoms with Crippen LogP contribution < -0.4 is 9.64 Å². The van der Waals surface area contributed by atoms with Crippen LogP contribution in [-0.2, 0) is 15.0 Å². The Hall–Kier alpha value is -2.10. The van der Waals surface area contributed by atoms with Crippen molar-refractivity contribution in [1.82, 2.24) is 0 Å². The lowest BCUT2D eigenvalue weighted by Gasteiger charge is -2.41. The van der Waals surface area contributed by atoms with Crippen LogP contribution in [0.3, 0.4) is 0 Å². The highest BCUT2D eigenvalue weighted by Crippen LogP contribution is 2.48. The number of anilines is 1. The van der Waals surface area contributed by atoms with Crippen molar-refractivity contribution in [3.8, 4) is 5.75 Å². The Balaban J connectivity index is 2.22. The highest BCUT2D eigenvalue weighted by Gasteiger charge is 2.43. The maximum absolute atomic E-state index is 12.3. The largest absolute Gasteiger partial charge is 0.495 e. The molecule has 0 aromatic heterocycles. The number of ether oxygens (including phenoxy) is 1. The average Bonchev–Trinajstić information content (AvgIpc) is 2.47. The number of hydrogen-bond donors (Lipinski definition) is 0. The summed E-state index contributed by atoms with van der Waals surface area (Å²) >= 11 is 0. The number of rotatable bonds is 1. The molecule has 4 nitrogen and oxygen atoms in total. The fourth-order valence-corrected chi connectivity index (χ4v) is 3.18. The number of para-hydroxylation sites is 1. The van der Waals surface area contributed by atoms with Gasteiger partial charge in [0.2, 0.25) is 5.91 Å². The first-order valence-electron chi connectivity index (χ1n) is 6.73. The molecule has 0 saturated heterocycles. The predicted molar refractivity (Wildman–Crippen MR) is 76.1 cm³/mol. The molecule has 20 heavy (non-hydrogen) atoms. The maximum atomic E-state index is 12.3. The van der Waals surface area contributed by atoms with Gasteiger partial charge in [-0.3, -0.25) is 9.59 Å². The average molecular weight is 271 g/mol. The van der Waals surface area contributed by atoms with Crippen LogP contribution in [0.1, 0.15) is 24.8 Å². The second kappa shape index (κ2) is 4.47. The van der Waals surface area contributed by atoms with E-state index in [1.807, 2.05) is 24.3 Å². The molecule has 0 radical (unpaired) electrons. The van der Waals surface area contributed by atoms with Crippen molar-refractivity contribution in [3.63, 3.8) is 0 Å². The molecule has 104 valence electrons. The molecular weight excluding hydrogens is 254 g/mol. The predicted octanol–water partition coefficient (Wildman–Crippen LogP) is 2.22. The Morgan fingerprint density at radius 2 is 2.10 bits per heavy atom. The summed E-state index contributed by atoms with van der Waals surface area (Å²) in [4.78, 5) is 25.5. The molecule has 3 rings (SSSR count). The van der Waals surface area contributed by atoms with Crippen LogP contribution in [0.4, 0.5) is 5.69 Å². The van der Waals surface area contributed by atoms with E-state index in [4.69, 9.17) is 4.74 Å². The quantitative estimate of drug-likeness (QED) is 0.786. The fourth-order valence-electron chi connectivity index (χ4n) is 3.18. The number of carbonyl (C=O) groups excluding carboxylic acids is 2. The van der Waals surface area contributed by atoms with Crippen molar-refractivity contribution in [2.45, 2.75) is 24.7 Å². The number of amides is 1. The third kappa shape index (κ3) is 1.75. The Morgan fingerprint density at radius 3 is 2.75 bits per heavy atom. The molecule has 1 atom stereocenters. The molecule has 1 heterocycles. The van der Waals surface area contributed by atoms with Crippen LogP contribution in [0.15, 0.2) is 30.4 Å². The van der Waals surface area contributed by atoms with Crippen LogP contribution >= 0.6 is 0 Å². The highest BCUT2D eigenvalue weighted by atomic mass is 16.5. The standard InChI is InChI=1S/C16H17NO3/c1-17-14(19)10-16(8-6-11(18)7-9-16)12-4-3-5-13(20-2)15(12)17/h3-6,8H,7,9-10H2,1-2H3. The summed E-state index contributed by atoms with van der Waals surface area (Å²) in [5, 5.41) is 0. The molecule has 2 aliphatic rings. The molecule has 1 aliphatic heterocycles. The lowest BCUT2D eigenvalue weighted by molar-refractivity contribution is -0.121. The van der Waals surface area contributed by atoms with Gasteiger partial charge in [0.05, 0.1) is 12.8 Å². The molecule has 4 heteroatoms. The molecule has 1 aromatic carbocycles. The van der Waals surface area contributed by atoms with E-state index in [-0.39, 0.29) is 17.1 Å². The van der Waals surface area contributed by atoms with Gasteiger partial charge in [-0.1, -0.05) is 18.2 Å². The van der Waals surface area contributed by atoms with Crippen molar-refractivity contribution in [2.24, 2.45) is 0 Å². The van der Waals surface area contributed by atoms with Crippen LogP contribution in [-0.4, -0.2) is 25.8 Å². The van der Waals surface area contributed by atoms with Gasteiger partial charge in [-0.25, -0.2) is 0 Å². The zero-order chi connectivity index (χ0) is 14.3. The van der Waals surface area contributed by atoms with Gasteiger partial charge in [0.1, 0.15) is 5.75 Å². The first kappa shape index (κ1) is 12.9. The monoisotopic (exact) mass is 271 g/mol. The van der Waals surface area contributed by atoms with Gasteiger partial charge in [-0.05, 0) is 24.1 Å². The van der Waals surface area contributed by atoms with Crippen molar-refractivity contribution in [1.29, 1.82) is 0 Å². The topological polar surface area (TPSA) is 46.6 Å². The summed E-state index contributed by atoms with van der Waals surface area (Å²) in [6.45, 7) is 0. The summed E-state index contributed by atoms with van der Waals surface area (Å²) in [7, 11) is 3.38. The normalized spacial score (nSPS) is 25.0. The molecule has 0 fully saturated rings. The minimum absolute atomic E-state index is 0.0565. The van der Waals surface area contributed by atoms with Crippen LogP contribution in [0.5, 0.6) is 5.75 Å². The Bertz CT molecular complexity index is 620. The number of ketones is 1. The van der Waals surface area contributed by atoms with Gasteiger partial charge < -0.3 is 9.64 Å². The number of nitrogens with zero attached hydrogens (tertiary/aromatic N) is 1. The first-order valence-corrected chi connectivity index (χ1v) is 6.73. The third-order valence-electron chi connectivity index (χ3n) is 4.34. The fraction of sp³-hybridized carbons (Fsp3) is 0.375. The van der Waals surface area contributed by atoms with Crippen molar-refractivity contribution in [2.75, 3.05) is 19.1 Å². The lowest BCUT2D eigenvalue weighted by Crippen LogP contribution is -2.43. The minimum Gasteiger partial charge on any atom is -0.495 e. The molecule has 0 saturated carbocycles. The van der Waals surface area contributed by atoms with Crippen LogP contribution in [0, 0.1) is 0 Å². The second-order valence-electron chi connectivity index (χ2n) is 5.44. The van der Waals surface area contributed by atoms with E-state index in [1.165, 1.54) is 0 Å². The van der Waals surface area contributed by atoms with Gasteiger partial charge in [-0.15, -0.1) is 0 Å². The van der Waals surface area contributed by atoms with Crippen molar-refractivity contribution < 1.29 is 14.3 Å². The van der Waals surface area contributed by atoms with E-state index in [1.54, 1.807) is 25.1 Å². The van der Waals surface area contributed by atoms with E-state index < -0.39 is 0 Å². The van der Waals surface area contributed by atoms with Crippen LogP contribution in [0.2, 0.25) is 0 Å². The van der Waals surface area contributed by atoms with Crippen molar-refractivity contribution in [3.05, 3.63) is 35.9 Å². The van der Waals surface area contributed by atoms with Gasteiger partial charge in [0.15, 0.2) is 5.78 Å². The zero-order valence-corrected chi connectivity index (χ0v) is 11.7. The maximum Gasteiger partial charge on any atom is 0.228 e. The van der Waals surface area contributed by atoms with E-state index in [9.17, 15) is 9.59 Å². The van der Waals surface area contributed by atoms with Gasteiger partial charge in [0.25, 0.3) is 0 Å². The summed E-state index contributed by atoms with van der Waals surface area (Å²) < 4.78 is 5.40. The number of benzene rings is 1. The summed E-state index contributed by atoms with van der Waals surface area (Å²) in [5.41, 5.74) is 1.54. The summed E-state index contributed by atoms with van der Waals surface area (Å²) in [6.07, 6.45) is 5.10. The number of methoxy groups -OCH3 is 1. The van der Waals surface area contributed by atoms with Gasteiger partial charge in [0, 0.05) is 25.3 Å². The molecule has 1 aliphatic carbocycles. The SMILES string of the molecule is COc1cccc2c1N(C)C(=O)CC21C=CC(=O)CC1. The first-order chi connectivity index (χ1) is 9.57. The number of fused-ring (bicyclic) bond motifs is 2. The number of carbonyl (C=O) groups is 2. The Morgan fingerprint density at radius 1 is 1.30 bits per heavy atom. The van der Waals surface area contributed by atoms with E-state index in [2.05, 4.69) is 0 Å². The van der Waals surface area contributed by atoms with Gasteiger partial charge >= 0.3 is 0 Å². The van der Waals surface area contributed by atoms with Crippen LogP contribution in [0.25, 0.3) is 0 Å². The zero-order valence-electron chi connectivity index (χ0n) is 11.7. The van der Waals surface area contributed by atoms with E-state index >= 15 is 0 Å². The van der Waals surface area contributed by atoms with E-state index in [0.29, 0.717) is 25.0 Å². The summed E-state index contributed by atoms with van der Waals surface area (Å²) in [5.74, 6) is 0.884.